The van der Waals surface area contributed by atoms with Gasteiger partial charge in [0.25, 0.3) is 5.91 Å². The highest BCUT2D eigenvalue weighted by molar-refractivity contribution is 14.1. The molecule has 0 unspecified atom stereocenters. The molecule has 0 saturated carbocycles. The Kier molecular flexibility index (Phi) is 7.36. The van der Waals surface area contributed by atoms with Gasteiger partial charge in [0, 0.05) is 13.1 Å². The molecule has 0 bridgehead atoms. The molecule has 25 heavy (non-hydrogen) atoms. The molecule has 0 saturated heterocycles. The molecule has 0 spiro atoms. The summed E-state index contributed by atoms with van der Waals surface area (Å²) in [5.41, 5.74) is 0.974. The molecule has 0 aliphatic carbocycles. The normalized spacial score (nSPS) is 10.2. The van der Waals surface area contributed by atoms with Gasteiger partial charge in [0.1, 0.15) is 5.75 Å². The molecule has 2 aromatic rings. The molecule has 0 N–H and O–H groups in total. The van der Waals surface area contributed by atoms with E-state index in [4.69, 9.17) is 14.2 Å². The van der Waals surface area contributed by atoms with Crippen molar-refractivity contribution in [3.63, 3.8) is 0 Å². The molecule has 0 aliphatic rings. The van der Waals surface area contributed by atoms with E-state index in [2.05, 4.69) is 22.6 Å². The average molecular weight is 455 g/mol. The third-order valence-electron chi connectivity index (χ3n) is 3.74. The van der Waals surface area contributed by atoms with E-state index in [1.807, 2.05) is 49.4 Å². The summed E-state index contributed by atoms with van der Waals surface area (Å²) in [5, 5.41) is 0. The van der Waals surface area contributed by atoms with Crippen LogP contribution in [0, 0.1) is 3.57 Å². The van der Waals surface area contributed by atoms with Crippen molar-refractivity contribution in [3.05, 3.63) is 51.6 Å². The molecule has 0 atom stereocenters. The fraction of sp³-hybridized carbons (Fsp3) is 0.316. The molecule has 0 aromatic heterocycles. The zero-order valence-corrected chi connectivity index (χ0v) is 16.8. The van der Waals surface area contributed by atoms with E-state index >= 15 is 0 Å². The number of para-hydroxylation sites is 1. The number of carbonyl (C=O) groups is 1. The molecule has 0 heterocycles. The van der Waals surface area contributed by atoms with Crippen LogP contribution in [-0.4, -0.2) is 38.2 Å². The summed E-state index contributed by atoms with van der Waals surface area (Å²) in [5.74, 6) is 1.98. The highest BCUT2D eigenvalue weighted by Crippen LogP contribution is 2.28. The van der Waals surface area contributed by atoms with Crippen LogP contribution < -0.4 is 14.2 Å². The quantitative estimate of drug-likeness (QED) is 0.570. The van der Waals surface area contributed by atoms with Crippen molar-refractivity contribution in [1.82, 2.24) is 4.90 Å². The van der Waals surface area contributed by atoms with Gasteiger partial charge in [0.05, 0.1) is 17.8 Å². The first kappa shape index (κ1) is 19.4. The van der Waals surface area contributed by atoms with E-state index in [1.165, 1.54) is 0 Å². The first-order valence-corrected chi connectivity index (χ1v) is 9.03. The molecule has 0 fully saturated rings. The molecule has 6 heteroatoms. The summed E-state index contributed by atoms with van der Waals surface area (Å²) in [6.45, 7) is 3.05. The molecule has 134 valence electrons. The molecule has 5 nitrogen and oxygen atoms in total. The van der Waals surface area contributed by atoms with Gasteiger partial charge >= 0.3 is 0 Å². The van der Waals surface area contributed by atoms with Crippen molar-refractivity contribution in [1.29, 1.82) is 0 Å². The van der Waals surface area contributed by atoms with Crippen molar-refractivity contribution in [3.8, 4) is 17.2 Å². The highest BCUT2D eigenvalue weighted by Gasteiger charge is 2.15. The number of carbonyl (C=O) groups excluding carboxylic acids is 1. The summed E-state index contributed by atoms with van der Waals surface area (Å²) < 4.78 is 17.2. The summed E-state index contributed by atoms with van der Waals surface area (Å²) in [6.07, 6.45) is 0. The summed E-state index contributed by atoms with van der Waals surface area (Å²) in [7, 11) is 3.20. The topological polar surface area (TPSA) is 48.0 Å². The number of nitrogens with zero attached hydrogens (tertiary/aromatic N) is 1. The lowest BCUT2D eigenvalue weighted by atomic mass is 10.2. The second-order valence-electron chi connectivity index (χ2n) is 5.32. The van der Waals surface area contributed by atoms with E-state index < -0.39 is 0 Å². The third kappa shape index (κ3) is 5.26. The van der Waals surface area contributed by atoms with Crippen LogP contribution in [-0.2, 0) is 11.3 Å². The van der Waals surface area contributed by atoms with Crippen molar-refractivity contribution in [2.45, 2.75) is 13.5 Å². The number of rotatable bonds is 8. The predicted octanol–water partition coefficient (Wildman–Crippen LogP) is 3.74. The Morgan fingerprint density at radius 1 is 1.04 bits per heavy atom. The summed E-state index contributed by atoms with van der Waals surface area (Å²) in [4.78, 5) is 14.2. The monoisotopic (exact) mass is 455 g/mol. The molecule has 0 aliphatic heterocycles. The smallest absolute Gasteiger partial charge is 0.260 e. The molecule has 0 radical (unpaired) electrons. The van der Waals surface area contributed by atoms with Gasteiger partial charge in [-0.1, -0.05) is 18.2 Å². The maximum atomic E-state index is 12.5. The number of methoxy groups -OCH3 is 2. The van der Waals surface area contributed by atoms with Gasteiger partial charge in [-0.2, -0.15) is 0 Å². The lowest BCUT2D eigenvalue weighted by Gasteiger charge is -2.22. The molecule has 1 amide bonds. The maximum absolute atomic E-state index is 12.5. The Hall–Kier alpha value is -1.96. The number of ether oxygens (including phenoxy) is 3. The van der Waals surface area contributed by atoms with E-state index in [0.717, 1.165) is 14.9 Å². The standard InChI is InChI=1S/C19H22INO4/c1-4-21(12-14-9-10-17(23-2)18(11-14)24-3)19(22)13-25-16-8-6-5-7-15(16)20/h5-11H,4,12-13H2,1-3H3. The largest absolute Gasteiger partial charge is 0.493 e. The van der Waals surface area contributed by atoms with Gasteiger partial charge in [-0.05, 0) is 59.3 Å². The lowest BCUT2D eigenvalue weighted by Crippen LogP contribution is -2.34. The molecule has 2 rings (SSSR count). The van der Waals surface area contributed by atoms with Crippen LogP contribution in [0.5, 0.6) is 17.2 Å². The Morgan fingerprint density at radius 2 is 1.76 bits per heavy atom. The minimum atomic E-state index is -0.0584. The lowest BCUT2D eigenvalue weighted by molar-refractivity contribution is -0.133. The Bertz CT molecular complexity index is 720. The van der Waals surface area contributed by atoms with E-state index in [-0.39, 0.29) is 12.5 Å². The fourth-order valence-corrected chi connectivity index (χ4v) is 2.91. The van der Waals surface area contributed by atoms with E-state index in [0.29, 0.717) is 24.6 Å². The van der Waals surface area contributed by atoms with Crippen molar-refractivity contribution in [2.75, 3.05) is 27.4 Å². The van der Waals surface area contributed by atoms with Crippen molar-refractivity contribution in [2.24, 2.45) is 0 Å². The Morgan fingerprint density at radius 3 is 2.40 bits per heavy atom. The highest BCUT2D eigenvalue weighted by atomic mass is 127. The third-order valence-corrected chi connectivity index (χ3v) is 4.63. The predicted molar refractivity (Wildman–Crippen MR) is 105 cm³/mol. The number of hydrogen-bond acceptors (Lipinski definition) is 4. The molecular formula is C19H22INO4. The minimum absolute atomic E-state index is 0.0150. The number of halogens is 1. The average Bonchev–Trinajstić information content (AvgIpc) is 2.64. The number of likely N-dealkylation sites (N-methyl/N-ethyl adjacent to an activating group) is 1. The van der Waals surface area contributed by atoms with Crippen LogP contribution in [0.15, 0.2) is 42.5 Å². The van der Waals surface area contributed by atoms with Gasteiger partial charge in [-0.15, -0.1) is 0 Å². The van der Waals surface area contributed by atoms with Gasteiger partial charge in [0.2, 0.25) is 0 Å². The van der Waals surface area contributed by atoms with Gasteiger partial charge in [-0.3, -0.25) is 4.79 Å². The molecular weight excluding hydrogens is 433 g/mol. The fourth-order valence-electron chi connectivity index (χ4n) is 2.37. The zero-order chi connectivity index (χ0) is 18.2. The van der Waals surface area contributed by atoms with Gasteiger partial charge in [0.15, 0.2) is 18.1 Å². The van der Waals surface area contributed by atoms with Gasteiger partial charge < -0.3 is 19.1 Å². The number of benzene rings is 2. The minimum Gasteiger partial charge on any atom is -0.493 e. The van der Waals surface area contributed by atoms with E-state index in [1.54, 1.807) is 19.1 Å². The van der Waals surface area contributed by atoms with E-state index in [9.17, 15) is 4.79 Å². The Balaban J connectivity index is 2.01. The maximum Gasteiger partial charge on any atom is 0.260 e. The van der Waals surface area contributed by atoms with Crippen LogP contribution in [0.25, 0.3) is 0 Å². The number of amides is 1. The number of hydrogen-bond donors (Lipinski definition) is 0. The first-order chi connectivity index (χ1) is 12.1. The van der Waals surface area contributed by atoms with Crippen LogP contribution in [0.2, 0.25) is 0 Å². The van der Waals surface area contributed by atoms with Crippen molar-refractivity contribution >= 4 is 28.5 Å². The van der Waals surface area contributed by atoms with Crippen LogP contribution in [0.3, 0.4) is 0 Å². The van der Waals surface area contributed by atoms with Crippen LogP contribution in [0.1, 0.15) is 12.5 Å². The summed E-state index contributed by atoms with van der Waals surface area (Å²) in [6, 6.07) is 13.3. The Labute approximate surface area is 162 Å². The van der Waals surface area contributed by atoms with Gasteiger partial charge in [-0.25, -0.2) is 0 Å². The SMILES string of the molecule is CCN(Cc1ccc(OC)c(OC)c1)C(=O)COc1ccccc1I. The zero-order valence-electron chi connectivity index (χ0n) is 14.6. The first-order valence-electron chi connectivity index (χ1n) is 7.95. The van der Waals surface area contributed by atoms with Crippen LogP contribution in [0.4, 0.5) is 0 Å². The second kappa shape index (κ2) is 9.50. The molecule has 2 aromatic carbocycles. The van der Waals surface area contributed by atoms with Crippen molar-refractivity contribution < 1.29 is 19.0 Å². The van der Waals surface area contributed by atoms with Crippen LogP contribution >= 0.6 is 22.6 Å². The second-order valence-corrected chi connectivity index (χ2v) is 6.48. The summed E-state index contributed by atoms with van der Waals surface area (Å²) >= 11 is 2.19.